The summed E-state index contributed by atoms with van der Waals surface area (Å²) in [4.78, 5) is 10.0. The largest absolute Gasteiger partial charge is 0.488 e. The van der Waals surface area contributed by atoms with Gasteiger partial charge in [-0.2, -0.15) is 0 Å². The molecule has 0 N–H and O–H groups in total. The highest BCUT2D eigenvalue weighted by atomic mass is 79.9. The topological polar surface area (TPSA) is 52.4 Å². The lowest BCUT2D eigenvalue weighted by atomic mass is 10.3. The third-order valence-electron chi connectivity index (χ3n) is 1.55. The number of rotatable bonds is 4. The van der Waals surface area contributed by atoms with Gasteiger partial charge in [-0.3, -0.25) is 10.1 Å². The molecule has 0 spiro atoms. The molecular formula is C9H7BrClNO3. The maximum atomic E-state index is 10.5. The zero-order valence-corrected chi connectivity index (χ0v) is 9.86. The smallest absolute Gasteiger partial charge is 0.273 e. The van der Waals surface area contributed by atoms with Crippen LogP contribution in [0.25, 0.3) is 0 Å². The molecule has 0 fully saturated rings. The summed E-state index contributed by atoms with van der Waals surface area (Å²) < 4.78 is 5.91. The van der Waals surface area contributed by atoms with Crippen LogP contribution in [-0.2, 0) is 0 Å². The second-order valence-electron chi connectivity index (χ2n) is 2.54. The van der Waals surface area contributed by atoms with Gasteiger partial charge in [0.05, 0.1) is 15.5 Å². The summed E-state index contributed by atoms with van der Waals surface area (Å²) in [6.07, 6.45) is 1.59. The minimum atomic E-state index is -0.476. The second-order valence-corrected chi connectivity index (χ2v) is 3.65. The van der Waals surface area contributed by atoms with Gasteiger partial charge in [0.25, 0.3) is 5.69 Å². The number of nitro benzene ring substituents is 1. The molecule has 0 aliphatic heterocycles. The highest BCUT2D eigenvalue weighted by Gasteiger charge is 2.09. The Bertz CT molecular complexity index is 395. The van der Waals surface area contributed by atoms with E-state index in [2.05, 4.69) is 15.9 Å². The quantitative estimate of drug-likeness (QED) is 0.630. The fraction of sp³-hybridized carbons (Fsp3) is 0.111. The van der Waals surface area contributed by atoms with Crippen molar-refractivity contribution in [3.05, 3.63) is 44.4 Å². The minimum Gasteiger partial charge on any atom is -0.488 e. The van der Waals surface area contributed by atoms with Gasteiger partial charge in [-0.05, 0) is 28.1 Å². The molecule has 0 saturated carbocycles. The predicted molar refractivity (Wildman–Crippen MR) is 61.3 cm³/mol. The molecule has 1 aromatic carbocycles. The maximum Gasteiger partial charge on any atom is 0.273 e. The summed E-state index contributed by atoms with van der Waals surface area (Å²) in [5, 5.41) is 10.5. The number of benzene rings is 1. The van der Waals surface area contributed by atoms with Crippen molar-refractivity contribution in [3.63, 3.8) is 0 Å². The Morgan fingerprint density at radius 1 is 1.60 bits per heavy atom. The van der Waals surface area contributed by atoms with Crippen LogP contribution in [0.4, 0.5) is 5.69 Å². The predicted octanol–water partition coefficient (Wildman–Crippen LogP) is 3.49. The molecule has 4 nitrogen and oxygen atoms in total. The van der Waals surface area contributed by atoms with Gasteiger partial charge < -0.3 is 4.74 Å². The Kier molecular flexibility index (Phi) is 4.58. The fourth-order valence-corrected chi connectivity index (χ4v) is 1.32. The summed E-state index contributed by atoms with van der Waals surface area (Å²) in [6, 6.07) is 4.32. The molecule has 6 heteroatoms. The Hall–Kier alpha value is -1.07. The molecule has 0 unspecified atom stereocenters. The Morgan fingerprint density at radius 3 is 2.93 bits per heavy atom. The van der Waals surface area contributed by atoms with Gasteiger partial charge in [-0.1, -0.05) is 11.6 Å². The van der Waals surface area contributed by atoms with Crippen molar-refractivity contribution in [1.29, 1.82) is 0 Å². The molecule has 80 valence electrons. The normalized spacial score (nSPS) is 10.5. The number of hydrogen-bond donors (Lipinski definition) is 0. The molecule has 1 aromatic rings. The molecule has 1 rings (SSSR count). The SMILES string of the molecule is O=[N+]([O-])c1ccc(Br)c(OC/C=C/Cl)c1. The summed E-state index contributed by atoms with van der Waals surface area (Å²) >= 11 is 8.54. The van der Waals surface area contributed by atoms with Crippen molar-refractivity contribution in [1.82, 2.24) is 0 Å². The first-order valence-electron chi connectivity index (χ1n) is 3.97. The summed E-state index contributed by atoms with van der Waals surface area (Å²) in [5.74, 6) is 0.416. The minimum absolute atomic E-state index is 0.0111. The van der Waals surface area contributed by atoms with Gasteiger partial charge >= 0.3 is 0 Å². The Labute approximate surface area is 99.8 Å². The summed E-state index contributed by atoms with van der Waals surface area (Å²) in [7, 11) is 0. The lowest BCUT2D eigenvalue weighted by molar-refractivity contribution is -0.384. The standard InChI is InChI=1S/C9H7BrClNO3/c10-8-3-2-7(12(13)14)6-9(8)15-5-1-4-11/h1-4,6H,5H2/b4-1+. The van der Waals surface area contributed by atoms with Crippen molar-refractivity contribution < 1.29 is 9.66 Å². The number of hydrogen-bond acceptors (Lipinski definition) is 3. The summed E-state index contributed by atoms with van der Waals surface area (Å²) in [6.45, 7) is 0.267. The van der Waals surface area contributed by atoms with Gasteiger partial charge in [0, 0.05) is 11.6 Å². The number of non-ortho nitro benzene ring substituents is 1. The van der Waals surface area contributed by atoms with Crippen LogP contribution in [0.5, 0.6) is 5.75 Å². The van der Waals surface area contributed by atoms with Crippen LogP contribution in [0.15, 0.2) is 34.3 Å². The number of halogens is 2. The first-order valence-corrected chi connectivity index (χ1v) is 5.20. The van der Waals surface area contributed by atoms with E-state index in [1.54, 1.807) is 12.1 Å². The van der Waals surface area contributed by atoms with Crippen LogP contribution in [0.2, 0.25) is 0 Å². The van der Waals surface area contributed by atoms with E-state index in [4.69, 9.17) is 16.3 Å². The van der Waals surface area contributed by atoms with E-state index in [1.165, 1.54) is 17.7 Å². The number of nitrogens with zero attached hydrogens (tertiary/aromatic N) is 1. The molecule has 0 radical (unpaired) electrons. The molecule has 0 amide bonds. The van der Waals surface area contributed by atoms with E-state index in [0.29, 0.717) is 10.2 Å². The number of ether oxygens (including phenoxy) is 1. The van der Waals surface area contributed by atoms with Crippen molar-refractivity contribution >= 4 is 33.2 Å². The monoisotopic (exact) mass is 291 g/mol. The molecule has 0 aliphatic rings. The van der Waals surface area contributed by atoms with Crippen molar-refractivity contribution in [3.8, 4) is 5.75 Å². The molecule has 0 saturated heterocycles. The lowest BCUT2D eigenvalue weighted by Gasteiger charge is -2.04. The van der Waals surface area contributed by atoms with E-state index >= 15 is 0 Å². The summed E-state index contributed by atoms with van der Waals surface area (Å²) in [5.41, 5.74) is 1.31. The van der Waals surface area contributed by atoms with E-state index in [1.807, 2.05) is 0 Å². The fourth-order valence-electron chi connectivity index (χ4n) is 0.890. The average Bonchev–Trinajstić information content (AvgIpc) is 2.20. The zero-order chi connectivity index (χ0) is 11.3. The Morgan fingerprint density at radius 2 is 2.33 bits per heavy atom. The van der Waals surface area contributed by atoms with Crippen LogP contribution < -0.4 is 4.74 Å². The van der Waals surface area contributed by atoms with Crippen molar-refractivity contribution in [2.75, 3.05) is 6.61 Å². The molecule has 0 heterocycles. The second kappa shape index (κ2) is 5.72. The Balaban J connectivity index is 2.85. The van der Waals surface area contributed by atoms with Crippen LogP contribution in [-0.4, -0.2) is 11.5 Å². The molecule has 15 heavy (non-hydrogen) atoms. The van der Waals surface area contributed by atoms with Gasteiger partial charge in [0.2, 0.25) is 0 Å². The third kappa shape index (κ3) is 3.53. The molecule has 0 aromatic heterocycles. The molecule has 0 bridgehead atoms. The average molecular weight is 293 g/mol. The van der Waals surface area contributed by atoms with Crippen LogP contribution in [0.3, 0.4) is 0 Å². The van der Waals surface area contributed by atoms with E-state index in [0.717, 1.165) is 0 Å². The van der Waals surface area contributed by atoms with Crippen molar-refractivity contribution in [2.45, 2.75) is 0 Å². The van der Waals surface area contributed by atoms with Gasteiger partial charge in [0.1, 0.15) is 12.4 Å². The van der Waals surface area contributed by atoms with Crippen LogP contribution >= 0.6 is 27.5 Å². The van der Waals surface area contributed by atoms with E-state index in [-0.39, 0.29) is 12.3 Å². The number of nitro groups is 1. The van der Waals surface area contributed by atoms with Gasteiger partial charge in [-0.15, -0.1) is 0 Å². The van der Waals surface area contributed by atoms with Gasteiger partial charge in [-0.25, -0.2) is 0 Å². The molecule has 0 aliphatic carbocycles. The molecular weight excluding hydrogens is 285 g/mol. The highest BCUT2D eigenvalue weighted by Crippen LogP contribution is 2.29. The third-order valence-corrected chi connectivity index (χ3v) is 2.38. The first-order chi connectivity index (χ1) is 7.15. The first kappa shape index (κ1) is 12.0. The van der Waals surface area contributed by atoms with E-state index < -0.39 is 4.92 Å². The van der Waals surface area contributed by atoms with Crippen molar-refractivity contribution in [2.24, 2.45) is 0 Å². The van der Waals surface area contributed by atoms with E-state index in [9.17, 15) is 10.1 Å². The lowest BCUT2D eigenvalue weighted by Crippen LogP contribution is -1.95. The zero-order valence-electron chi connectivity index (χ0n) is 7.52. The van der Waals surface area contributed by atoms with Crippen LogP contribution in [0.1, 0.15) is 0 Å². The maximum absolute atomic E-state index is 10.5. The molecule has 0 atom stereocenters. The highest BCUT2D eigenvalue weighted by molar-refractivity contribution is 9.10. The van der Waals surface area contributed by atoms with Gasteiger partial charge in [0.15, 0.2) is 0 Å². The van der Waals surface area contributed by atoms with Crippen LogP contribution in [0, 0.1) is 10.1 Å².